The highest BCUT2D eigenvalue weighted by molar-refractivity contribution is 5.47. The van der Waals surface area contributed by atoms with Crippen LogP contribution in [0.25, 0.3) is 0 Å². The lowest BCUT2D eigenvalue weighted by Crippen LogP contribution is -1.91. The number of benzene rings is 1. The number of hydrogen-bond donors (Lipinski definition) is 1. The average Bonchev–Trinajstić information content (AvgIpc) is 2.09. The molecule has 0 aliphatic rings. The normalized spacial score (nSPS) is 10.3. The summed E-state index contributed by atoms with van der Waals surface area (Å²) in [5.41, 5.74) is 7.76. The molecule has 0 atom stereocenters. The Morgan fingerprint density at radius 3 is 2.75 bits per heavy atom. The van der Waals surface area contributed by atoms with E-state index in [0.717, 1.165) is 17.7 Å². The van der Waals surface area contributed by atoms with Gasteiger partial charge < -0.3 is 5.73 Å². The molecule has 0 aliphatic carbocycles. The molecular formula is C11H13N. The Hall–Kier alpha value is -1.50. The van der Waals surface area contributed by atoms with Gasteiger partial charge in [0.15, 0.2) is 0 Å². The van der Waals surface area contributed by atoms with Crippen LogP contribution in [0.2, 0.25) is 0 Å². The van der Waals surface area contributed by atoms with Crippen molar-refractivity contribution < 1.29 is 0 Å². The molecule has 12 heavy (non-hydrogen) atoms. The summed E-state index contributed by atoms with van der Waals surface area (Å²) in [4.78, 5) is 0. The molecule has 0 bridgehead atoms. The molecule has 0 fully saturated rings. The maximum atomic E-state index is 5.74. The zero-order valence-corrected chi connectivity index (χ0v) is 7.03. The van der Waals surface area contributed by atoms with Crippen molar-refractivity contribution in [2.45, 2.75) is 6.42 Å². The van der Waals surface area contributed by atoms with E-state index in [4.69, 9.17) is 5.73 Å². The first-order chi connectivity index (χ1) is 5.84. The zero-order valence-electron chi connectivity index (χ0n) is 7.03. The molecule has 0 saturated carbocycles. The van der Waals surface area contributed by atoms with Gasteiger partial charge in [0.05, 0.1) is 0 Å². The van der Waals surface area contributed by atoms with Crippen LogP contribution in [0.4, 0.5) is 5.69 Å². The van der Waals surface area contributed by atoms with E-state index in [0.29, 0.717) is 0 Å². The summed E-state index contributed by atoms with van der Waals surface area (Å²) in [5.74, 6) is 0. The first-order valence-electron chi connectivity index (χ1n) is 3.95. The van der Waals surface area contributed by atoms with E-state index in [9.17, 15) is 0 Å². The molecule has 1 aromatic carbocycles. The van der Waals surface area contributed by atoms with E-state index < -0.39 is 0 Å². The molecule has 62 valence electrons. The van der Waals surface area contributed by atoms with Gasteiger partial charge in [-0.15, -0.1) is 0 Å². The van der Waals surface area contributed by atoms with Crippen molar-refractivity contribution in [3.63, 3.8) is 0 Å². The van der Waals surface area contributed by atoms with Gasteiger partial charge >= 0.3 is 0 Å². The third-order valence-electron chi connectivity index (χ3n) is 1.67. The van der Waals surface area contributed by atoms with Gasteiger partial charge in [0.2, 0.25) is 0 Å². The standard InChI is InChI=1S/C11H13N/c1-2-3-4-7-10-8-5-6-9-11(10)12/h2-6,8-9H,1,7,12H2/b4-3+. The van der Waals surface area contributed by atoms with Crippen LogP contribution in [0.15, 0.2) is 49.1 Å². The lowest BCUT2D eigenvalue weighted by Gasteiger charge is -1.99. The highest BCUT2D eigenvalue weighted by Gasteiger charge is 1.92. The van der Waals surface area contributed by atoms with Gasteiger partial charge in [-0.05, 0) is 18.1 Å². The predicted molar refractivity (Wildman–Crippen MR) is 53.9 cm³/mol. The fraction of sp³-hybridized carbons (Fsp3) is 0.0909. The topological polar surface area (TPSA) is 26.0 Å². The minimum Gasteiger partial charge on any atom is -0.398 e. The molecule has 0 amide bonds. The largest absolute Gasteiger partial charge is 0.398 e. The number of anilines is 1. The van der Waals surface area contributed by atoms with Gasteiger partial charge in [-0.2, -0.15) is 0 Å². The summed E-state index contributed by atoms with van der Waals surface area (Å²) < 4.78 is 0. The fourth-order valence-electron chi connectivity index (χ4n) is 1.01. The van der Waals surface area contributed by atoms with Crippen LogP contribution in [-0.4, -0.2) is 0 Å². The SMILES string of the molecule is C=C/C=C/Cc1ccccc1N. The fourth-order valence-corrected chi connectivity index (χ4v) is 1.01. The Morgan fingerprint density at radius 2 is 2.08 bits per heavy atom. The van der Waals surface area contributed by atoms with E-state index in [2.05, 4.69) is 6.58 Å². The third-order valence-corrected chi connectivity index (χ3v) is 1.67. The van der Waals surface area contributed by atoms with Gasteiger partial charge in [-0.3, -0.25) is 0 Å². The van der Waals surface area contributed by atoms with Crippen LogP contribution in [0, 0.1) is 0 Å². The minimum atomic E-state index is 0.853. The second-order valence-electron chi connectivity index (χ2n) is 2.57. The third kappa shape index (κ3) is 2.27. The summed E-state index contributed by atoms with van der Waals surface area (Å²) in [6, 6.07) is 7.88. The quantitative estimate of drug-likeness (QED) is 0.532. The monoisotopic (exact) mass is 159 g/mol. The molecule has 0 unspecified atom stereocenters. The van der Waals surface area contributed by atoms with Crippen molar-refractivity contribution in [2.75, 3.05) is 5.73 Å². The van der Waals surface area contributed by atoms with Crippen molar-refractivity contribution in [3.05, 3.63) is 54.6 Å². The molecule has 1 aromatic rings. The Labute approximate surface area is 73.2 Å². The molecule has 0 spiro atoms. The average molecular weight is 159 g/mol. The van der Waals surface area contributed by atoms with Crippen molar-refractivity contribution >= 4 is 5.69 Å². The predicted octanol–water partition coefficient (Wildman–Crippen LogP) is 2.55. The Kier molecular flexibility index (Phi) is 3.15. The van der Waals surface area contributed by atoms with Gasteiger partial charge in [-0.1, -0.05) is 43.0 Å². The van der Waals surface area contributed by atoms with Crippen LogP contribution in [0.5, 0.6) is 0 Å². The highest BCUT2D eigenvalue weighted by atomic mass is 14.5. The second-order valence-corrected chi connectivity index (χ2v) is 2.57. The molecular weight excluding hydrogens is 146 g/mol. The van der Waals surface area contributed by atoms with E-state index in [-0.39, 0.29) is 0 Å². The van der Waals surface area contributed by atoms with Crippen molar-refractivity contribution in [1.82, 2.24) is 0 Å². The van der Waals surface area contributed by atoms with Crippen LogP contribution < -0.4 is 5.73 Å². The van der Waals surface area contributed by atoms with Gasteiger partial charge in [0, 0.05) is 5.69 Å². The molecule has 1 nitrogen and oxygen atoms in total. The Morgan fingerprint density at radius 1 is 1.33 bits per heavy atom. The maximum Gasteiger partial charge on any atom is 0.0349 e. The summed E-state index contributed by atoms with van der Waals surface area (Å²) in [6.45, 7) is 3.60. The van der Waals surface area contributed by atoms with Crippen molar-refractivity contribution in [1.29, 1.82) is 0 Å². The summed E-state index contributed by atoms with van der Waals surface area (Å²) in [7, 11) is 0. The number of para-hydroxylation sites is 1. The molecule has 0 saturated heterocycles. The van der Waals surface area contributed by atoms with E-state index in [1.54, 1.807) is 6.08 Å². The highest BCUT2D eigenvalue weighted by Crippen LogP contribution is 2.11. The lowest BCUT2D eigenvalue weighted by molar-refractivity contribution is 1.27. The Balaban J connectivity index is 2.69. The maximum absolute atomic E-state index is 5.74. The molecule has 2 N–H and O–H groups in total. The minimum absolute atomic E-state index is 0.853. The smallest absolute Gasteiger partial charge is 0.0349 e. The van der Waals surface area contributed by atoms with Gasteiger partial charge in [0.25, 0.3) is 0 Å². The zero-order chi connectivity index (χ0) is 8.81. The molecule has 0 aliphatic heterocycles. The first-order valence-corrected chi connectivity index (χ1v) is 3.95. The van der Waals surface area contributed by atoms with Crippen LogP contribution in [-0.2, 0) is 6.42 Å². The van der Waals surface area contributed by atoms with Crippen LogP contribution in [0.3, 0.4) is 0 Å². The van der Waals surface area contributed by atoms with Crippen LogP contribution >= 0.6 is 0 Å². The molecule has 1 rings (SSSR count). The Bertz CT molecular complexity index is 287. The number of rotatable bonds is 3. The van der Waals surface area contributed by atoms with Crippen LogP contribution in [0.1, 0.15) is 5.56 Å². The summed E-state index contributed by atoms with van der Waals surface area (Å²) >= 11 is 0. The molecule has 0 radical (unpaired) electrons. The molecule has 0 heterocycles. The van der Waals surface area contributed by atoms with Crippen molar-refractivity contribution in [2.24, 2.45) is 0 Å². The number of hydrogen-bond acceptors (Lipinski definition) is 1. The van der Waals surface area contributed by atoms with E-state index in [1.807, 2.05) is 36.4 Å². The van der Waals surface area contributed by atoms with E-state index in [1.165, 1.54) is 0 Å². The van der Waals surface area contributed by atoms with Gasteiger partial charge in [-0.25, -0.2) is 0 Å². The lowest BCUT2D eigenvalue weighted by atomic mass is 10.1. The van der Waals surface area contributed by atoms with Crippen molar-refractivity contribution in [3.8, 4) is 0 Å². The summed E-state index contributed by atoms with van der Waals surface area (Å²) in [6.07, 6.45) is 6.60. The second kappa shape index (κ2) is 4.39. The van der Waals surface area contributed by atoms with E-state index >= 15 is 0 Å². The number of allylic oxidation sites excluding steroid dienone is 3. The molecule has 1 heteroatoms. The number of nitrogens with two attached hydrogens (primary N) is 1. The van der Waals surface area contributed by atoms with Gasteiger partial charge in [0.1, 0.15) is 0 Å². The number of nitrogen functional groups attached to an aromatic ring is 1. The summed E-state index contributed by atoms with van der Waals surface area (Å²) in [5, 5.41) is 0. The molecule has 0 aromatic heterocycles. The first kappa shape index (κ1) is 8.60.